The number of aryl methyl sites for hydroxylation is 2. The van der Waals surface area contributed by atoms with Gasteiger partial charge in [0.1, 0.15) is 11.3 Å². The minimum Gasteiger partial charge on any atom is -0.497 e. The van der Waals surface area contributed by atoms with Crippen molar-refractivity contribution in [1.82, 2.24) is 15.1 Å². The first-order chi connectivity index (χ1) is 16.9. The van der Waals surface area contributed by atoms with Crippen LogP contribution in [0.2, 0.25) is 0 Å². The Labute approximate surface area is 208 Å². The average molecular weight is 480 g/mol. The lowest BCUT2D eigenvalue weighted by molar-refractivity contribution is -0.134. The van der Waals surface area contributed by atoms with Crippen LogP contribution in [0.15, 0.2) is 42.5 Å². The summed E-state index contributed by atoms with van der Waals surface area (Å²) in [6.07, 6.45) is 2.14. The maximum absolute atomic E-state index is 13.8. The molecular weight excluding hydrogens is 442 g/mol. The second-order valence-corrected chi connectivity index (χ2v) is 9.86. The fraction of sp³-hybridized carbons (Fsp3) is 0.500. The zero-order valence-electron chi connectivity index (χ0n) is 21.3. The van der Waals surface area contributed by atoms with E-state index in [0.717, 1.165) is 43.8 Å². The second kappa shape index (κ2) is 10.8. The normalized spacial score (nSPS) is 21.4. The zero-order chi connectivity index (χ0) is 25.0. The summed E-state index contributed by atoms with van der Waals surface area (Å²) in [6.45, 7) is 7.55. The summed E-state index contributed by atoms with van der Waals surface area (Å²) in [5, 5.41) is 3.14. The Morgan fingerprint density at radius 2 is 1.83 bits per heavy atom. The highest BCUT2D eigenvalue weighted by Crippen LogP contribution is 2.37. The predicted molar refractivity (Wildman–Crippen MR) is 135 cm³/mol. The van der Waals surface area contributed by atoms with E-state index in [1.54, 1.807) is 14.2 Å². The summed E-state index contributed by atoms with van der Waals surface area (Å²) in [5.74, 6) is 0.650. The first-order valence-corrected chi connectivity index (χ1v) is 12.4. The summed E-state index contributed by atoms with van der Waals surface area (Å²) in [6, 6.07) is 14.0. The highest BCUT2D eigenvalue weighted by molar-refractivity contribution is 6.07. The van der Waals surface area contributed by atoms with Gasteiger partial charge in [0.2, 0.25) is 0 Å². The topological polar surface area (TPSA) is 71.1 Å². The second-order valence-electron chi connectivity index (χ2n) is 9.86. The fourth-order valence-electron chi connectivity index (χ4n) is 5.47. The third kappa shape index (κ3) is 5.36. The molecule has 188 valence electrons. The highest BCUT2D eigenvalue weighted by Gasteiger charge is 2.55. The van der Waals surface area contributed by atoms with Crippen molar-refractivity contribution in [2.45, 2.75) is 45.2 Å². The number of urea groups is 1. The van der Waals surface area contributed by atoms with Crippen LogP contribution in [0, 0.1) is 19.8 Å². The van der Waals surface area contributed by atoms with Gasteiger partial charge in [0.25, 0.3) is 5.91 Å². The smallest absolute Gasteiger partial charge is 0.325 e. The molecule has 2 aromatic rings. The number of imide groups is 1. The van der Waals surface area contributed by atoms with Crippen LogP contribution < -0.4 is 10.1 Å². The number of nitrogens with one attached hydrogen (secondary N) is 1. The van der Waals surface area contributed by atoms with Crippen molar-refractivity contribution in [1.29, 1.82) is 0 Å². The zero-order valence-corrected chi connectivity index (χ0v) is 21.3. The van der Waals surface area contributed by atoms with Crippen LogP contribution in [0.3, 0.4) is 0 Å². The van der Waals surface area contributed by atoms with E-state index in [9.17, 15) is 9.59 Å². The molecule has 3 amide bonds. The van der Waals surface area contributed by atoms with Crippen molar-refractivity contribution in [2.75, 3.05) is 40.5 Å². The molecule has 2 aromatic carbocycles. The van der Waals surface area contributed by atoms with Gasteiger partial charge >= 0.3 is 6.03 Å². The molecular formula is C28H37N3O4. The molecule has 7 nitrogen and oxygen atoms in total. The number of carbonyl (C=O) groups is 2. The lowest BCUT2D eigenvalue weighted by Crippen LogP contribution is -2.57. The molecule has 2 aliphatic rings. The molecule has 1 atom stereocenters. The van der Waals surface area contributed by atoms with Crippen molar-refractivity contribution in [3.63, 3.8) is 0 Å². The molecule has 1 N–H and O–H groups in total. The maximum Gasteiger partial charge on any atom is 0.325 e. The molecule has 2 heterocycles. The van der Waals surface area contributed by atoms with Crippen LogP contribution in [0.4, 0.5) is 4.79 Å². The third-order valence-electron chi connectivity index (χ3n) is 7.52. The monoisotopic (exact) mass is 479 g/mol. The number of rotatable bonds is 9. The molecule has 0 aromatic heterocycles. The van der Waals surface area contributed by atoms with Gasteiger partial charge < -0.3 is 14.8 Å². The molecule has 0 radical (unpaired) electrons. The van der Waals surface area contributed by atoms with Gasteiger partial charge in [-0.2, -0.15) is 0 Å². The summed E-state index contributed by atoms with van der Waals surface area (Å²) in [4.78, 5) is 30.5. The number of carbonyl (C=O) groups excluding carboxylic acids is 2. The third-order valence-corrected chi connectivity index (χ3v) is 7.52. The van der Waals surface area contributed by atoms with Crippen LogP contribution in [0.5, 0.6) is 5.75 Å². The minimum atomic E-state index is -0.956. The molecule has 0 spiro atoms. The largest absolute Gasteiger partial charge is 0.497 e. The molecule has 35 heavy (non-hydrogen) atoms. The molecule has 2 saturated heterocycles. The Bertz CT molecular complexity index is 1060. The molecule has 0 bridgehead atoms. The number of hydrogen-bond donors (Lipinski definition) is 1. The van der Waals surface area contributed by atoms with Crippen LogP contribution in [-0.2, 0) is 22.5 Å². The van der Waals surface area contributed by atoms with Crippen LogP contribution in [-0.4, -0.2) is 67.7 Å². The number of amides is 3. The number of nitrogens with zero attached hydrogens (tertiary/aromatic N) is 2. The van der Waals surface area contributed by atoms with Crippen molar-refractivity contribution in [3.05, 3.63) is 64.7 Å². The van der Waals surface area contributed by atoms with Gasteiger partial charge in [-0.1, -0.05) is 35.9 Å². The molecule has 2 aliphatic heterocycles. The Morgan fingerprint density at radius 1 is 1.06 bits per heavy atom. The number of hydrogen-bond acceptors (Lipinski definition) is 5. The Morgan fingerprint density at radius 3 is 2.54 bits per heavy atom. The summed E-state index contributed by atoms with van der Waals surface area (Å²) in [7, 11) is 3.21. The van der Waals surface area contributed by atoms with Crippen molar-refractivity contribution in [3.8, 4) is 5.75 Å². The lowest BCUT2D eigenvalue weighted by Gasteiger charge is -2.41. The van der Waals surface area contributed by atoms with Gasteiger partial charge in [-0.05, 0) is 74.5 Å². The minimum absolute atomic E-state index is 0.0487. The van der Waals surface area contributed by atoms with Crippen LogP contribution in [0.25, 0.3) is 0 Å². The molecule has 2 fully saturated rings. The van der Waals surface area contributed by atoms with Gasteiger partial charge in [-0.15, -0.1) is 0 Å². The number of piperidine rings is 1. The summed E-state index contributed by atoms with van der Waals surface area (Å²) in [5.41, 5.74) is 3.95. The highest BCUT2D eigenvalue weighted by atomic mass is 16.5. The van der Waals surface area contributed by atoms with Crippen molar-refractivity contribution in [2.24, 2.45) is 5.92 Å². The van der Waals surface area contributed by atoms with E-state index < -0.39 is 5.54 Å². The van der Waals surface area contributed by atoms with Gasteiger partial charge in [0.05, 0.1) is 20.3 Å². The van der Waals surface area contributed by atoms with Gasteiger partial charge in [0, 0.05) is 20.1 Å². The quantitative estimate of drug-likeness (QED) is 0.556. The number of ether oxygens (including phenoxy) is 2. The average Bonchev–Trinajstić information content (AvgIpc) is 3.10. The van der Waals surface area contributed by atoms with Crippen molar-refractivity contribution < 1.29 is 19.1 Å². The Balaban J connectivity index is 1.54. The van der Waals surface area contributed by atoms with E-state index in [4.69, 9.17) is 9.47 Å². The molecule has 1 unspecified atom stereocenters. The first kappa shape index (κ1) is 25.2. The number of methoxy groups -OCH3 is 2. The first-order valence-electron chi connectivity index (χ1n) is 12.4. The van der Waals surface area contributed by atoms with E-state index in [0.29, 0.717) is 13.0 Å². The molecule has 0 aliphatic carbocycles. The SMILES string of the molecule is COCCN1C(=O)NC(Cc2cccc(OC)c2)(C2CCN(Cc3cc(C)ccc3C)CC2)C1=O. The van der Waals surface area contributed by atoms with E-state index in [1.807, 2.05) is 24.3 Å². The number of benzene rings is 2. The van der Waals surface area contributed by atoms with Gasteiger partial charge in [-0.3, -0.25) is 14.6 Å². The fourth-order valence-corrected chi connectivity index (χ4v) is 5.47. The Hall–Kier alpha value is -2.90. The standard InChI is InChI=1S/C28H37N3O4/c1-20-8-9-21(2)23(16-20)19-30-12-10-24(11-13-30)28(18-22-6-5-7-25(17-22)35-4)26(32)31(14-15-34-3)27(33)29-28/h5-9,16-17,24H,10-15,18-19H2,1-4H3,(H,29,33). The van der Waals surface area contributed by atoms with Gasteiger partial charge in [0.15, 0.2) is 0 Å². The summed E-state index contributed by atoms with van der Waals surface area (Å²) < 4.78 is 10.6. The maximum atomic E-state index is 13.8. The van der Waals surface area contributed by atoms with Crippen LogP contribution >= 0.6 is 0 Å². The molecule has 0 saturated carbocycles. The van der Waals surface area contributed by atoms with Gasteiger partial charge in [-0.25, -0.2) is 4.79 Å². The molecule has 4 rings (SSSR count). The van der Waals surface area contributed by atoms with E-state index in [1.165, 1.54) is 21.6 Å². The Kier molecular flexibility index (Phi) is 7.77. The van der Waals surface area contributed by atoms with E-state index >= 15 is 0 Å². The predicted octanol–water partition coefficient (Wildman–Crippen LogP) is 3.70. The van der Waals surface area contributed by atoms with E-state index in [2.05, 4.69) is 42.3 Å². The summed E-state index contributed by atoms with van der Waals surface area (Å²) >= 11 is 0. The lowest BCUT2D eigenvalue weighted by atomic mass is 9.73. The van der Waals surface area contributed by atoms with Crippen molar-refractivity contribution >= 4 is 11.9 Å². The molecule has 7 heteroatoms. The number of likely N-dealkylation sites (tertiary alicyclic amines) is 1. The van der Waals surface area contributed by atoms with Crippen LogP contribution in [0.1, 0.15) is 35.1 Å². The van der Waals surface area contributed by atoms with E-state index in [-0.39, 0.29) is 24.4 Å².